The summed E-state index contributed by atoms with van der Waals surface area (Å²) in [6.07, 6.45) is 6.09. The van der Waals surface area contributed by atoms with Gasteiger partial charge in [0, 0.05) is 13.1 Å². The van der Waals surface area contributed by atoms with Crippen molar-refractivity contribution in [3.63, 3.8) is 0 Å². The van der Waals surface area contributed by atoms with Crippen molar-refractivity contribution in [1.82, 2.24) is 10.2 Å². The zero-order valence-corrected chi connectivity index (χ0v) is 11.3. The first-order valence-corrected chi connectivity index (χ1v) is 7.15. The number of hydrogen-bond donors (Lipinski definition) is 1. The van der Waals surface area contributed by atoms with E-state index in [0.717, 1.165) is 32.1 Å². The van der Waals surface area contributed by atoms with Gasteiger partial charge in [-0.15, -0.1) is 0 Å². The second-order valence-corrected chi connectivity index (χ2v) is 5.54. The molecule has 5 heteroatoms. The summed E-state index contributed by atoms with van der Waals surface area (Å²) in [5, 5.41) is 12.3. The van der Waals surface area contributed by atoms with Gasteiger partial charge in [0.05, 0.1) is 12.6 Å². The number of carbonyl (C=O) groups is 2. The van der Waals surface area contributed by atoms with Crippen LogP contribution in [0.3, 0.4) is 0 Å². The van der Waals surface area contributed by atoms with Crippen LogP contribution in [0.2, 0.25) is 0 Å². The number of amides is 2. The predicted molar refractivity (Wildman–Crippen MR) is 70.0 cm³/mol. The lowest BCUT2D eigenvalue weighted by Crippen LogP contribution is -2.46. The summed E-state index contributed by atoms with van der Waals surface area (Å²) >= 11 is 0. The van der Waals surface area contributed by atoms with E-state index in [1.807, 2.05) is 0 Å². The van der Waals surface area contributed by atoms with Crippen molar-refractivity contribution in [2.45, 2.75) is 44.9 Å². The fourth-order valence-electron chi connectivity index (χ4n) is 2.99. The Labute approximate surface area is 113 Å². The molecule has 0 aromatic rings. The quantitative estimate of drug-likeness (QED) is 0.722. The molecule has 0 bridgehead atoms. The summed E-state index contributed by atoms with van der Waals surface area (Å²) in [6.45, 7) is 1.28. The molecule has 0 aromatic heterocycles. The number of nitrogens with zero attached hydrogens (tertiary/aromatic N) is 2. The Kier molecular flexibility index (Phi) is 4.41. The van der Waals surface area contributed by atoms with Crippen LogP contribution in [0.15, 0.2) is 0 Å². The number of nitrogens with one attached hydrogen (secondary N) is 1. The molecule has 0 unspecified atom stereocenters. The van der Waals surface area contributed by atoms with Crippen LogP contribution in [-0.4, -0.2) is 36.3 Å². The van der Waals surface area contributed by atoms with Gasteiger partial charge in [0.2, 0.25) is 11.8 Å². The van der Waals surface area contributed by atoms with E-state index in [-0.39, 0.29) is 18.4 Å². The third-order valence-corrected chi connectivity index (χ3v) is 4.13. The molecule has 2 fully saturated rings. The molecular weight excluding hydrogens is 242 g/mol. The Morgan fingerprint density at radius 1 is 1.21 bits per heavy atom. The lowest BCUT2D eigenvalue weighted by molar-refractivity contribution is -0.142. The summed E-state index contributed by atoms with van der Waals surface area (Å²) < 4.78 is 0. The molecule has 0 atom stereocenters. The largest absolute Gasteiger partial charge is 0.354 e. The minimum Gasteiger partial charge on any atom is -0.354 e. The highest BCUT2D eigenvalue weighted by Crippen LogP contribution is 2.36. The highest BCUT2D eigenvalue weighted by Gasteiger charge is 2.42. The van der Waals surface area contributed by atoms with Gasteiger partial charge in [0.15, 0.2) is 0 Å². The van der Waals surface area contributed by atoms with Gasteiger partial charge < -0.3 is 10.2 Å². The van der Waals surface area contributed by atoms with Crippen LogP contribution >= 0.6 is 0 Å². The molecule has 5 nitrogen and oxygen atoms in total. The van der Waals surface area contributed by atoms with Gasteiger partial charge >= 0.3 is 0 Å². The molecule has 2 aliphatic rings. The van der Waals surface area contributed by atoms with Crippen LogP contribution in [0.5, 0.6) is 0 Å². The zero-order chi connectivity index (χ0) is 13.7. The molecule has 1 N–H and O–H groups in total. The summed E-state index contributed by atoms with van der Waals surface area (Å²) in [5.41, 5.74) is -0.888. The number of nitriles is 1. The summed E-state index contributed by atoms with van der Waals surface area (Å²) in [7, 11) is 0. The standard InChI is InChI=1S/C14H21N3O2/c15-11-14(6-3-1-2-4-7-14)13(19)17-9-5-8-16-12(18)10-17/h1-10H2,(H,16,18). The number of rotatable bonds is 1. The van der Waals surface area contributed by atoms with Crippen molar-refractivity contribution >= 4 is 11.8 Å². The van der Waals surface area contributed by atoms with Crippen molar-refractivity contribution in [3.05, 3.63) is 0 Å². The molecule has 2 amide bonds. The van der Waals surface area contributed by atoms with E-state index in [0.29, 0.717) is 25.9 Å². The van der Waals surface area contributed by atoms with E-state index in [9.17, 15) is 14.9 Å². The third kappa shape index (κ3) is 3.06. The summed E-state index contributed by atoms with van der Waals surface area (Å²) in [4.78, 5) is 25.8. The topological polar surface area (TPSA) is 73.2 Å². The van der Waals surface area contributed by atoms with Crippen LogP contribution < -0.4 is 5.32 Å². The Morgan fingerprint density at radius 2 is 1.89 bits per heavy atom. The van der Waals surface area contributed by atoms with Crippen LogP contribution in [-0.2, 0) is 9.59 Å². The SMILES string of the molecule is N#CC1(C(=O)N2CCCNC(=O)C2)CCCCCC1. The molecule has 0 spiro atoms. The van der Waals surface area contributed by atoms with Gasteiger partial charge in [-0.1, -0.05) is 25.7 Å². The maximum atomic E-state index is 12.7. The monoisotopic (exact) mass is 263 g/mol. The Hall–Kier alpha value is -1.57. The Balaban J connectivity index is 2.14. The average molecular weight is 263 g/mol. The third-order valence-electron chi connectivity index (χ3n) is 4.13. The lowest BCUT2D eigenvalue weighted by atomic mass is 9.80. The molecular formula is C14H21N3O2. The van der Waals surface area contributed by atoms with Crippen LogP contribution in [0, 0.1) is 16.7 Å². The van der Waals surface area contributed by atoms with E-state index < -0.39 is 5.41 Å². The second-order valence-electron chi connectivity index (χ2n) is 5.54. The first-order chi connectivity index (χ1) is 9.18. The van der Waals surface area contributed by atoms with Gasteiger partial charge in [-0.25, -0.2) is 0 Å². The van der Waals surface area contributed by atoms with Crippen molar-refractivity contribution in [2.75, 3.05) is 19.6 Å². The fourth-order valence-corrected chi connectivity index (χ4v) is 2.99. The number of carbonyl (C=O) groups excluding carboxylic acids is 2. The zero-order valence-electron chi connectivity index (χ0n) is 11.3. The van der Waals surface area contributed by atoms with Gasteiger partial charge in [-0.2, -0.15) is 5.26 Å². The highest BCUT2D eigenvalue weighted by atomic mass is 16.2. The van der Waals surface area contributed by atoms with E-state index in [1.165, 1.54) is 0 Å². The molecule has 1 saturated heterocycles. The van der Waals surface area contributed by atoms with E-state index >= 15 is 0 Å². The van der Waals surface area contributed by atoms with E-state index in [1.54, 1.807) is 4.90 Å². The minimum absolute atomic E-state index is 0.0995. The molecule has 1 heterocycles. The summed E-state index contributed by atoms with van der Waals surface area (Å²) in [5.74, 6) is -0.249. The molecule has 104 valence electrons. The molecule has 0 radical (unpaired) electrons. The van der Waals surface area contributed by atoms with E-state index in [4.69, 9.17) is 0 Å². The fraction of sp³-hybridized carbons (Fsp3) is 0.786. The smallest absolute Gasteiger partial charge is 0.243 e. The molecule has 19 heavy (non-hydrogen) atoms. The van der Waals surface area contributed by atoms with Gasteiger partial charge in [0.25, 0.3) is 0 Å². The molecule has 2 rings (SSSR count). The van der Waals surface area contributed by atoms with Crippen molar-refractivity contribution in [3.8, 4) is 6.07 Å². The molecule has 1 aliphatic carbocycles. The second kappa shape index (κ2) is 6.05. The lowest BCUT2D eigenvalue weighted by Gasteiger charge is -2.30. The predicted octanol–water partition coefficient (Wildman–Crippen LogP) is 1.20. The maximum absolute atomic E-state index is 12.7. The molecule has 1 saturated carbocycles. The van der Waals surface area contributed by atoms with Gasteiger partial charge in [0.1, 0.15) is 5.41 Å². The minimum atomic E-state index is -0.888. The maximum Gasteiger partial charge on any atom is 0.243 e. The first kappa shape index (κ1) is 13.9. The molecule has 1 aliphatic heterocycles. The Bertz CT molecular complexity index is 392. The first-order valence-electron chi connectivity index (χ1n) is 7.15. The van der Waals surface area contributed by atoms with Crippen LogP contribution in [0.1, 0.15) is 44.9 Å². The van der Waals surface area contributed by atoms with Crippen LogP contribution in [0.25, 0.3) is 0 Å². The van der Waals surface area contributed by atoms with Crippen molar-refractivity contribution < 1.29 is 9.59 Å². The highest BCUT2D eigenvalue weighted by molar-refractivity contribution is 5.90. The van der Waals surface area contributed by atoms with Crippen molar-refractivity contribution in [1.29, 1.82) is 5.26 Å². The average Bonchev–Trinajstić information content (AvgIpc) is 2.78. The normalized spacial score (nSPS) is 23.7. The van der Waals surface area contributed by atoms with Crippen LogP contribution in [0.4, 0.5) is 0 Å². The summed E-state index contributed by atoms with van der Waals surface area (Å²) in [6, 6.07) is 2.27. The van der Waals surface area contributed by atoms with Gasteiger partial charge in [-0.3, -0.25) is 9.59 Å². The van der Waals surface area contributed by atoms with Crippen molar-refractivity contribution in [2.24, 2.45) is 5.41 Å². The Morgan fingerprint density at radius 3 is 2.53 bits per heavy atom. The van der Waals surface area contributed by atoms with Gasteiger partial charge in [-0.05, 0) is 19.3 Å². The molecule has 0 aromatic carbocycles. The number of hydrogen-bond acceptors (Lipinski definition) is 3. The van der Waals surface area contributed by atoms with E-state index in [2.05, 4.69) is 11.4 Å².